The van der Waals surface area contributed by atoms with E-state index < -0.39 is 6.10 Å². The second-order valence-corrected chi connectivity index (χ2v) is 9.34. The fourth-order valence-electron chi connectivity index (χ4n) is 7.46. The lowest BCUT2D eigenvalue weighted by molar-refractivity contribution is -0.120. The second-order valence-electron chi connectivity index (χ2n) is 9.34. The van der Waals surface area contributed by atoms with Gasteiger partial charge in [0.2, 0.25) is 0 Å². The summed E-state index contributed by atoms with van der Waals surface area (Å²) < 4.78 is 0. The monoisotopic (exact) mass is 348 g/mol. The van der Waals surface area contributed by atoms with Crippen molar-refractivity contribution in [2.45, 2.75) is 64.4 Å². The average Bonchev–Trinajstić information content (AvgIpc) is 2.98. The second kappa shape index (κ2) is 6.17. The number of fused-ring (bicyclic) bond motifs is 5. The molecule has 0 aromatic carbocycles. The summed E-state index contributed by atoms with van der Waals surface area (Å²) in [4.78, 5) is 11.9. The molecular weight excluding hydrogens is 316 g/mol. The maximum Gasteiger partial charge on any atom is 0.155 e. The molecule has 0 amide bonds. The van der Waals surface area contributed by atoms with E-state index in [0.29, 0.717) is 24.2 Å². The van der Waals surface area contributed by atoms with E-state index in [1.54, 1.807) is 0 Å². The number of aliphatic hydroxyl groups is 3. The Morgan fingerprint density at radius 2 is 1.92 bits per heavy atom. The third kappa shape index (κ3) is 2.40. The van der Waals surface area contributed by atoms with Crippen LogP contribution in [0.25, 0.3) is 0 Å². The highest BCUT2D eigenvalue weighted by atomic mass is 16.3. The Hall–Kier alpha value is -0.710. The Labute approximate surface area is 150 Å². The summed E-state index contributed by atoms with van der Waals surface area (Å²) in [5.74, 6) is 2.03. The van der Waals surface area contributed by atoms with E-state index >= 15 is 0 Å². The van der Waals surface area contributed by atoms with Crippen molar-refractivity contribution < 1.29 is 20.1 Å². The summed E-state index contributed by atoms with van der Waals surface area (Å²) in [5, 5.41) is 30.2. The first-order valence-corrected chi connectivity index (χ1v) is 10.1. The first-order chi connectivity index (χ1) is 12.0. The number of ketones is 1. The van der Waals surface area contributed by atoms with Gasteiger partial charge in [-0.1, -0.05) is 12.5 Å². The molecule has 0 saturated heterocycles. The molecule has 0 aromatic heterocycles. The zero-order valence-electron chi connectivity index (χ0n) is 15.3. The van der Waals surface area contributed by atoms with E-state index in [1.807, 2.05) is 6.08 Å². The van der Waals surface area contributed by atoms with Crippen LogP contribution in [0.3, 0.4) is 0 Å². The van der Waals surface area contributed by atoms with E-state index in [0.717, 1.165) is 44.9 Å². The smallest absolute Gasteiger partial charge is 0.155 e. The van der Waals surface area contributed by atoms with E-state index in [2.05, 4.69) is 6.92 Å². The molecule has 140 valence electrons. The number of hydrogen-bond donors (Lipinski definition) is 3. The van der Waals surface area contributed by atoms with Gasteiger partial charge in [0.25, 0.3) is 0 Å². The number of carbonyl (C=O) groups excluding carboxylic acids is 1. The summed E-state index contributed by atoms with van der Waals surface area (Å²) >= 11 is 0. The van der Waals surface area contributed by atoms with Crippen molar-refractivity contribution in [2.75, 3.05) is 13.2 Å². The van der Waals surface area contributed by atoms with Gasteiger partial charge in [-0.25, -0.2) is 0 Å². The van der Waals surface area contributed by atoms with Crippen LogP contribution in [0.15, 0.2) is 11.6 Å². The molecule has 3 fully saturated rings. The summed E-state index contributed by atoms with van der Waals surface area (Å²) in [5.41, 5.74) is 1.14. The maximum atomic E-state index is 11.9. The van der Waals surface area contributed by atoms with Gasteiger partial charge in [0, 0.05) is 11.8 Å². The lowest BCUT2D eigenvalue weighted by Crippen LogP contribution is -2.53. The molecule has 0 aliphatic heterocycles. The fourth-order valence-corrected chi connectivity index (χ4v) is 7.46. The average molecular weight is 348 g/mol. The third-order valence-corrected chi connectivity index (χ3v) is 8.69. The Bertz CT molecular complexity index is 584. The number of carbonyl (C=O) groups is 1. The van der Waals surface area contributed by atoms with Crippen LogP contribution in [-0.4, -0.2) is 40.4 Å². The topological polar surface area (TPSA) is 77.8 Å². The SMILES string of the molecule is C[C@]12CC[C@H]3[C@@H](CCC4=CC(=O)CC[C@@]43CO)[C@@H]1CC[C@@H]2[C@@H](O)CO. The standard InChI is InChI=1S/C21H32O4/c1-20-8-7-17-15(16(20)4-5-18(20)19(25)11-22)3-2-13-10-14(24)6-9-21(13,17)12-23/h10,15-19,22-23,25H,2-9,11-12H2,1H3/t15-,16-,17-,18+,19-,20-,21+/m0/s1. The van der Waals surface area contributed by atoms with Crippen LogP contribution in [0, 0.1) is 34.5 Å². The van der Waals surface area contributed by atoms with Crippen LogP contribution < -0.4 is 0 Å². The van der Waals surface area contributed by atoms with Crippen LogP contribution in [0.1, 0.15) is 58.3 Å². The van der Waals surface area contributed by atoms with Crippen molar-refractivity contribution in [2.24, 2.45) is 34.5 Å². The van der Waals surface area contributed by atoms with Gasteiger partial charge in [-0.15, -0.1) is 0 Å². The van der Waals surface area contributed by atoms with Crippen LogP contribution in [0.4, 0.5) is 0 Å². The van der Waals surface area contributed by atoms with Crippen LogP contribution >= 0.6 is 0 Å². The van der Waals surface area contributed by atoms with Gasteiger partial charge in [-0.05, 0) is 80.1 Å². The normalized spacial score (nSPS) is 47.5. The summed E-state index contributed by atoms with van der Waals surface area (Å²) in [6.07, 6.45) is 8.91. The minimum atomic E-state index is -0.607. The Morgan fingerprint density at radius 3 is 2.64 bits per heavy atom. The number of aliphatic hydroxyl groups excluding tert-OH is 3. The molecule has 4 rings (SSSR count). The van der Waals surface area contributed by atoms with Crippen molar-refractivity contribution >= 4 is 5.78 Å². The van der Waals surface area contributed by atoms with E-state index in [4.69, 9.17) is 0 Å². The lowest BCUT2D eigenvalue weighted by Gasteiger charge is -2.58. The molecule has 0 bridgehead atoms. The van der Waals surface area contributed by atoms with Gasteiger partial charge >= 0.3 is 0 Å². The van der Waals surface area contributed by atoms with Gasteiger partial charge < -0.3 is 15.3 Å². The first-order valence-electron chi connectivity index (χ1n) is 10.1. The van der Waals surface area contributed by atoms with E-state index in [1.165, 1.54) is 5.57 Å². The number of hydrogen-bond acceptors (Lipinski definition) is 4. The highest BCUT2D eigenvalue weighted by Gasteiger charge is 2.60. The predicted molar refractivity (Wildman–Crippen MR) is 94.7 cm³/mol. The van der Waals surface area contributed by atoms with E-state index in [9.17, 15) is 20.1 Å². The lowest BCUT2D eigenvalue weighted by atomic mass is 9.46. The van der Waals surface area contributed by atoms with Crippen molar-refractivity contribution in [3.8, 4) is 0 Å². The van der Waals surface area contributed by atoms with Gasteiger partial charge in [0.15, 0.2) is 5.78 Å². The molecule has 3 saturated carbocycles. The van der Waals surface area contributed by atoms with E-state index in [-0.39, 0.29) is 35.7 Å². The molecule has 4 aliphatic carbocycles. The molecule has 4 nitrogen and oxygen atoms in total. The van der Waals surface area contributed by atoms with Crippen molar-refractivity contribution in [3.05, 3.63) is 11.6 Å². The first kappa shape index (κ1) is 17.7. The molecule has 0 heterocycles. The molecule has 0 unspecified atom stereocenters. The van der Waals surface area contributed by atoms with Gasteiger partial charge in [0.1, 0.15) is 0 Å². The van der Waals surface area contributed by atoms with Crippen LogP contribution in [0.5, 0.6) is 0 Å². The van der Waals surface area contributed by atoms with Crippen molar-refractivity contribution in [1.82, 2.24) is 0 Å². The Morgan fingerprint density at radius 1 is 1.12 bits per heavy atom. The molecule has 0 radical (unpaired) electrons. The quantitative estimate of drug-likeness (QED) is 0.732. The molecule has 4 heteroatoms. The molecule has 4 aliphatic rings. The van der Waals surface area contributed by atoms with Gasteiger partial charge in [-0.3, -0.25) is 4.79 Å². The fraction of sp³-hybridized carbons (Fsp3) is 0.857. The largest absolute Gasteiger partial charge is 0.395 e. The highest BCUT2D eigenvalue weighted by Crippen LogP contribution is 2.66. The van der Waals surface area contributed by atoms with Crippen molar-refractivity contribution in [3.63, 3.8) is 0 Å². The van der Waals surface area contributed by atoms with Crippen LogP contribution in [0.2, 0.25) is 0 Å². The molecule has 0 aromatic rings. The predicted octanol–water partition coefficient (Wildman–Crippen LogP) is 2.46. The minimum Gasteiger partial charge on any atom is -0.395 e. The highest BCUT2D eigenvalue weighted by molar-refractivity contribution is 5.91. The van der Waals surface area contributed by atoms with Crippen LogP contribution in [-0.2, 0) is 4.79 Å². The van der Waals surface area contributed by atoms with Gasteiger partial charge in [-0.2, -0.15) is 0 Å². The molecule has 0 spiro atoms. The molecule has 3 N–H and O–H groups in total. The minimum absolute atomic E-state index is 0.103. The molecule has 7 atom stereocenters. The zero-order valence-corrected chi connectivity index (χ0v) is 15.3. The van der Waals surface area contributed by atoms with Gasteiger partial charge in [0.05, 0.1) is 19.3 Å². The summed E-state index contributed by atoms with van der Waals surface area (Å²) in [6.45, 7) is 2.35. The summed E-state index contributed by atoms with van der Waals surface area (Å²) in [7, 11) is 0. The van der Waals surface area contributed by atoms with Crippen molar-refractivity contribution in [1.29, 1.82) is 0 Å². The third-order valence-electron chi connectivity index (χ3n) is 8.69. The summed E-state index contributed by atoms with van der Waals surface area (Å²) in [6, 6.07) is 0. The Kier molecular flexibility index (Phi) is 4.37. The molecular formula is C21H32O4. The maximum absolute atomic E-state index is 11.9. The zero-order chi connectivity index (χ0) is 17.8. The Balaban J connectivity index is 1.66. The number of rotatable bonds is 3. The molecule has 25 heavy (non-hydrogen) atoms.